The molecule has 0 saturated heterocycles. The molecule has 2 rings (SSSR count). The van der Waals surface area contributed by atoms with Crippen molar-refractivity contribution in [2.24, 2.45) is 0 Å². The van der Waals surface area contributed by atoms with Crippen LogP contribution in [-0.4, -0.2) is 63.3 Å². The molecule has 0 aromatic heterocycles. The van der Waals surface area contributed by atoms with E-state index in [2.05, 4.69) is 116 Å². The summed E-state index contributed by atoms with van der Waals surface area (Å²) in [4.78, 5) is 4.29. The van der Waals surface area contributed by atoms with Gasteiger partial charge in [0.15, 0.2) is 0 Å². The first-order valence-corrected chi connectivity index (χ1v) is 11.2. The molecule has 31 heavy (non-hydrogen) atoms. The van der Waals surface area contributed by atoms with E-state index in [1.165, 1.54) is 22.3 Å². The predicted octanol–water partition coefficient (Wildman–Crippen LogP) is 5.29. The standard InChI is InChI=1S/C27H42N2O2/c1-19-15-23(11-13-25(19)30-21(3)17-28(7)8)27(5,6)24-12-14-26(20(2)16-24)31-22(4)18-29(9)10/h11-16,21-22H,17-18H2,1-10H3. The highest BCUT2D eigenvalue weighted by Gasteiger charge is 2.25. The Hall–Kier alpha value is -2.04. The van der Waals surface area contributed by atoms with Crippen molar-refractivity contribution in [2.75, 3.05) is 41.3 Å². The van der Waals surface area contributed by atoms with Crippen LogP contribution in [-0.2, 0) is 5.41 Å². The molecule has 0 N–H and O–H groups in total. The summed E-state index contributed by atoms with van der Waals surface area (Å²) in [6, 6.07) is 13.2. The van der Waals surface area contributed by atoms with E-state index in [0.717, 1.165) is 24.6 Å². The third kappa shape index (κ3) is 6.98. The molecular weight excluding hydrogens is 384 g/mol. The molecule has 0 aliphatic heterocycles. The Morgan fingerprint density at radius 3 is 1.35 bits per heavy atom. The molecule has 2 atom stereocenters. The zero-order valence-corrected chi connectivity index (χ0v) is 21.2. The number of rotatable bonds is 10. The fourth-order valence-electron chi connectivity index (χ4n) is 4.04. The second-order valence-corrected chi connectivity index (χ2v) is 9.97. The minimum Gasteiger partial charge on any atom is -0.489 e. The van der Waals surface area contributed by atoms with E-state index in [0.29, 0.717) is 0 Å². The van der Waals surface area contributed by atoms with Crippen LogP contribution in [0.1, 0.15) is 49.9 Å². The minimum absolute atomic E-state index is 0.114. The van der Waals surface area contributed by atoms with E-state index >= 15 is 0 Å². The highest BCUT2D eigenvalue weighted by Crippen LogP contribution is 2.36. The molecule has 0 bridgehead atoms. The van der Waals surface area contributed by atoms with Crippen molar-refractivity contribution < 1.29 is 9.47 Å². The molecule has 0 aliphatic rings. The molecule has 2 aromatic carbocycles. The van der Waals surface area contributed by atoms with Gasteiger partial charge in [-0.15, -0.1) is 0 Å². The number of hydrogen-bond acceptors (Lipinski definition) is 4. The third-order valence-corrected chi connectivity index (χ3v) is 5.69. The lowest BCUT2D eigenvalue weighted by atomic mass is 9.77. The van der Waals surface area contributed by atoms with Crippen LogP contribution in [0.25, 0.3) is 0 Å². The number of nitrogens with zero attached hydrogens (tertiary/aromatic N) is 2. The van der Waals surface area contributed by atoms with Crippen molar-refractivity contribution in [3.05, 3.63) is 58.7 Å². The first-order chi connectivity index (χ1) is 14.4. The maximum Gasteiger partial charge on any atom is 0.122 e. The molecule has 0 aliphatic carbocycles. The van der Waals surface area contributed by atoms with E-state index < -0.39 is 0 Å². The maximum atomic E-state index is 6.17. The largest absolute Gasteiger partial charge is 0.489 e. The molecule has 2 aromatic rings. The SMILES string of the molecule is Cc1cc(C(C)(C)c2ccc(OC(C)CN(C)C)c(C)c2)ccc1OC(C)CN(C)C. The van der Waals surface area contributed by atoms with Gasteiger partial charge in [0.25, 0.3) is 0 Å². The van der Waals surface area contributed by atoms with Crippen molar-refractivity contribution in [1.82, 2.24) is 9.80 Å². The van der Waals surface area contributed by atoms with E-state index in [4.69, 9.17) is 9.47 Å². The second-order valence-electron chi connectivity index (χ2n) is 9.97. The average molecular weight is 427 g/mol. The topological polar surface area (TPSA) is 24.9 Å². The van der Waals surface area contributed by atoms with Crippen LogP contribution < -0.4 is 9.47 Å². The number of benzene rings is 2. The predicted molar refractivity (Wildman–Crippen MR) is 132 cm³/mol. The summed E-state index contributed by atoms with van der Waals surface area (Å²) in [7, 11) is 8.28. The zero-order valence-electron chi connectivity index (χ0n) is 21.2. The number of ether oxygens (including phenoxy) is 2. The summed E-state index contributed by atoms with van der Waals surface area (Å²) >= 11 is 0. The molecule has 0 heterocycles. The summed E-state index contributed by atoms with van der Waals surface area (Å²) in [5, 5.41) is 0. The Kier molecular flexibility index (Phi) is 8.56. The van der Waals surface area contributed by atoms with E-state index in [-0.39, 0.29) is 17.6 Å². The molecule has 0 radical (unpaired) electrons. The van der Waals surface area contributed by atoms with Crippen LogP contribution in [0.15, 0.2) is 36.4 Å². The van der Waals surface area contributed by atoms with E-state index in [9.17, 15) is 0 Å². The van der Waals surface area contributed by atoms with Crippen molar-refractivity contribution in [3.63, 3.8) is 0 Å². The van der Waals surface area contributed by atoms with Gasteiger partial charge in [-0.2, -0.15) is 0 Å². The first kappa shape index (κ1) is 25.2. The Bertz CT molecular complexity index is 789. The Morgan fingerprint density at radius 1 is 0.710 bits per heavy atom. The monoisotopic (exact) mass is 426 g/mol. The minimum atomic E-state index is -0.114. The lowest BCUT2D eigenvalue weighted by Gasteiger charge is -2.29. The van der Waals surface area contributed by atoms with Gasteiger partial charge in [0, 0.05) is 18.5 Å². The molecule has 0 fully saturated rings. The van der Waals surface area contributed by atoms with Crippen molar-refractivity contribution in [1.29, 1.82) is 0 Å². The fraction of sp³-hybridized carbons (Fsp3) is 0.556. The maximum absolute atomic E-state index is 6.17. The van der Waals surface area contributed by atoms with Gasteiger partial charge in [0.2, 0.25) is 0 Å². The Labute approximate surface area is 190 Å². The van der Waals surface area contributed by atoms with Crippen LogP contribution in [0.4, 0.5) is 0 Å². The van der Waals surface area contributed by atoms with Crippen LogP contribution >= 0.6 is 0 Å². The van der Waals surface area contributed by atoms with Crippen molar-refractivity contribution >= 4 is 0 Å². The van der Waals surface area contributed by atoms with Gasteiger partial charge in [0.05, 0.1) is 0 Å². The summed E-state index contributed by atoms with van der Waals surface area (Å²) < 4.78 is 12.3. The molecular formula is C27H42N2O2. The quantitative estimate of drug-likeness (QED) is 0.515. The molecule has 2 unspecified atom stereocenters. The molecule has 0 saturated carbocycles. The van der Waals surface area contributed by atoms with Crippen LogP contribution in [0.2, 0.25) is 0 Å². The van der Waals surface area contributed by atoms with Crippen LogP contribution in [0.3, 0.4) is 0 Å². The second kappa shape index (κ2) is 10.5. The Balaban J connectivity index is 2.20. The molecule has 172 valence electrons. The van der Waals surface area contributed by atoms with E-state index in [1.807, 2.05) is 0 Å². The van der Waals surface area contributed by atoms with Crippen LogP contribution in [0.5, 0.6) is 11.5 Å². The molecule has 0 amide bonds. The molecule has 4 nitrogen and oxygen atoms in total. The lowest BCUT2D eigenvalue weighted by Crippen LogP contribution is -2.28. The van der Waals surface area contributed by atoms with Gasteiger partial charge in [-0.25, -0.2) is 0 Å². The van der Waals surface area contributed by atoms with Gasteiger partial charge in [0.1, 0.15) is 23.7 Å². The van der Waals surface area contributed by atoms with Gasteiger partial charge >= 0.3 is 0 Å². The Morgan fingerprint density at radius 2 is 1.06 bits per heavy atom. The van der Waals surface area contributed by atoms with Crippen molar-refractivity contribution in [2.45, 2.75) is 59.2 Å². The van der Waals surface area contributed by atoms with Gasteiger partial charge < -0.3 is 19.3 Å². The normalized spacial score (nSPS) is 14.1. The summed E-state index contributed by atoms with van der Waals surface area (Å²) in [5.74, 6) is 1.92. The average Bonchev–Trinajstić information content (AvgIpc) is 2.63. The lowest BCUT2D eigenvalue weighted by molar-refractivity contribution is 0.175. The highest BCUT2D eigenvalue weighted by atomic mass is 16.5. The summed E-state index contributed by atoms with van der Waals surface area (Å²) in [6.07, 6.45) is 0.301. The molecule has 4 heteroatoms. The number of hydrogen-bond donors (Lipinski definition) is 0. The summed E-state index contributed by atoms with van der Waals surface area (Å²) in [6.45, 7) is 14.8. The fourth-order valence-corrected chi connectivity index (χ4v) is 4.04. The third-order valence-electron chi connectivity index (χ3n) is 5.69. The van der Waals surface area contributed by atoms with Crippen LogP contribution in [0, 0.1) is 13.8 Å². The smallest absolute Gasteiger partial charge is 0.122 e. The number of likely N-dealkylation sites (N-methyl/N-ethyl adjacent to an activating group) is 2. The first-order valence-electron chi connectivity index (χ1n) is 11.2. The van der Waals surface area contributed by atoms with E-state index in [1.54, 1.807) is 0 Å². The molecule has 0 spiro atoms. The zero-order chi connectivity index (χ0) is 23.3. The highest BCUT2D eigenvalue weighted by molar-refractivity contribution is 5.47. The summed E-state index contributed by atoms with van der Waals surface area (Å²) in [5.41, 5.74) is 4.80. The number of aryl methyl sites for hydroxylation is 2. The van der Waals surface area contributed by atoms with Gasteiger partial charge in [-0.05, 0) is 90.3 Å². The van der Waals surface area contributed by atoms with Gasteiger partial charge in [-0.1, -0.05) is 38.1 Å². The van der Waals surface area contributed by atoms with Gasteiger partial charge in [-0.3, -0.25) is 0 Å². The van der Waals surface area contributed by atoms with Crippen molar-refractivity contribution in [3.8, 4) is 11.5 Å².